The molecule has 91 heavy (non-hydrogen) atoms. The van der Waals surface area contributed by atoms with Crippen molar-refractivity contribution < 1.29 is 27.1 Å². The van der Waals surface area contributed by atoms with Crippen molar-refractivity contribution in [2.24, 2.45) is 17.3 Å². The van der Waals surface area contributed by atoms with Crippen LogP contribution in [0.25, 0.3) is 0 Å². The first kappa shape index (κ1) is 82.2. The van der Waals surface area contributed by atoms with Gasteiger partial charge in [0.05, 0.1) is 25.4 Å². The van der Waals surface area contributed by atoms with Crippen LogP contribution in [0.2, 0.25) is 0 Å². The molecule has 6 nitrogen and oxygen atoms in total. The van der Waals surface area contributed by atoms with Gasteiger partial charge in [-0.3, -0.25) is 9.05 Å². The minimum Gasteiger partial charge on any atom is -0.427 e. The Balaban J connectivity index is 1.22. The molecular formula is C83H150O6P2. The van der Waals surface area contributed by atoms with E-state index in [1.807, 2.05) is 0 Å². The second kappa shape index (κ2) is 57.8. The summed E-state index contributed by atoms with van der Waals surface area (Å²) in [6.45, 7) is 15.8. The largest absolute Gasteiger partial charge is 0.427 e. The van der Waals surface area contributed by atoms with Crippen LogP contribution in [0.4, 0.5) is 0 Å². The molecule has 2 unspecified atom stereocenters. The molecule has 0 aliphatic heterocycles. The molecule has 4 rings (SSSR count). The van der Waals surface area contributed by atoms with Crippen LogP contribution >= 0.6 is 17.2 Å². The molecule has 2 aromatic carbocycles. The smallest absolute Gasteiger partial charge is 0.397 e. The quantitative estimate of drug-likeness (QED) is 0.0486. The Labute approximate surface area is 569 Å². The van der Waals surface area contributed by atoms with E-state index in [1.165, 1.54) is 332 Å². The Kier molecular flexibility index (Phi) is 52.2. The summed E-state index contributed by atoms with van der Waals surface area (Å²) in [4.78, 5) is 0. The molecule has 0 N–H and O–H groups in total. The molecule has 2 saturated carbocycles. The van der Waals surface area contributed by atoms with Crippen LogP contribution in [0, 0.1) is 17.3 Å². The zero-order chi connectivity index (χ0) is 64.6. The molecule has 0 amide bonds. The summed E-state index contributed by atoms with van der Waals surface area (Å²) < 4.78 is 40.2. The van der Waals surface area contributed by atoms with Crippen LogP contribution < -0.4 is 9.05 Å². The summed E-state index contributed by atoms with van der Waals surface area (Å²) in [7, 11) is -2.95. The number of rotatable bonds is 64. The highest BCUT2D eigenvalue weighted by Gasteiger charge is 2.42. The molecule has 0 saturated heterocycles. The van der Waals surface area contributed by atoms with Gasteiger partial charge in [0, 0.05) is 0 Å². The lowest BCUT2D eigenvalue weighted by molar-refractivity contribution is 0.00601. The Morgan fingerprint density at radius 3 is 0.747 bits per heavy atom. The van der Waals surface area contributed by atoms with Crippen molar-refractivity contribution in [2.75, 3.05) is 13.2 Å². The Morgan fingerprint density at radius 1 is 0.286 bits per heavy atom. The van der Waals surface area contributed by atoms with E-state index in [2.05, 4.69) is 90.1 Å². The Morgan fingerprint density at radius 2 is 0.505 bits per heavy atom. The molecule has 0 heterocycles. The zero-order valence-corrected chi connectivity index (χ0v) is 63.0. The maximum absolute atomic E-state index is 6.89. The fraction of sp³-hybridized carbons (Fsp3) is 0.855. The third kappa shape index (κ3) is 42.9. The molecule has 2 fully saturated rings. The minimum absolute atomic E-state index is 0.180. The van der Waals surface area contributed by atoms with E-state index >= 15 is 0 Å². The molecule has 0 bridgehead atoms. The van der Waals surface area contributed by atoms with E-state index in [0.29, 0.717) is 25.0 Å². The van der Waals surface area contributed by atoms with Gasteiger partial charge in [-0.05, 0) is 143 Å². The molecule has 528 valence electrons. The van der Waals surface area contributed by atoms with E-state index < -0.39 is 17.2 Å². The van der Waals surface area contributed by atoms with Crippen molar-refractivity contribution in [3.8, 4) is 11.5 Å². The van der Waals surface area contributed by atoms with E-state index in [0.717, 1.165) is 62.9 Å². The van der Waals surface area contributed by atoms with E-state index in [1.54, 1.807) is 0 Å². The Hall–Kier alpha value is -1.26. The van der Waals surface area contributed by atoms with Crippen molar-refractivity contribution >= 4 is 17.2 Å². The zero-order valence-electron chi connectivity index (χ0n) is 61.2. The number of benzene rings is 2. The second-order valence-electron chi connectivity index (χ2n) is 29.6. The molecule has 8 heteroatoms. The van der Waals surface area contributed by atoms with Gasteiger partial charge in [-0.2, -0.15) is 0 Å². The lowest BCUT2D eigenvalue weighted by Gasteiger charge is -2.46. The summed E-state index contributed by atoms with van der Waals surface area (Å²) in [5, 5.41) is 0. The van der Waals surface area contributed by atoms with Crippen molar-refractivity contribution in [1.82, 2.24) is 0 Å². The first-order chi connectivity index (χ1) is 44.8. The third-order valence-electron chi connectivity index (χ3n) is 21.2. The van der Waals surface area contributed by atoms with Crippen molar-refractivity contribution in [2.45, 2.75) is 426 Å². The van der Waals surface area contributed by atoms with Crippen LogP contribution in [0.1, 0.15) is 412 Å². The lowest BCUT2D eigenvalue weighted by Crippen LogP contribution is -2.38. The molecule has 2 aromatic rings. The van der Waals surface area contributed by atoms with E-state index in [9.17, 15) is 0 Å². The van der Waals surface area contributed by atoms with Crippen molar-refractivity contribution in [3.05, 3.63) is 59.7 Å². The third-order valence-corrected chi connectivity index (χ3v) is 23.6. The first-order valence-corrected chi connectivity index (χ1v) is 42.8. The Bertz CT molecular complexity index is 1710. The van der Waals surface area contributed by atoms with Crippen molar-refractivity contribution in [3.63, 3.8) is 0 Å². The number of hydrogen-bond acceptors (Lipinski definition) is 6. The van der Waals surface area contributed by atoms with Gasteiger partial charge in [0.1, 0.15) is 11.5 Å². The van der Waals surface area contributed by atoms with Gasteiger partial charge in [-0.15, -0.1) is 0 Å². The van der Waals surface area contributed by atoms with Gasteiger partial charge in [0.15, 0.2) is 0 Å². The minimum atomic E-state index is -1.47. The highest BCUT2D eigenvalue weighted by atomic mass is 31.2. The van der Waals surface area contributed by atoms with Gasteiger partial charge in [-0.1, -0.05) is 348 Å². The van der Waals surface area contributed by atoms with E-state index in [-0.39, 0.29) is 17.6 Å². The van der Waals surface area contributed by atoms with Gasteiger partial charge in [0.25, 0.3) is 0 Å². The fourth-order valence-corrected chi connectivity index (χ4v) is 17.0. The maximum atomic E-state index is 6.89. The average molecular weight is 1310 g/mol. The summed E-state index contributed by atoms with van der Waals surface area (Å²) in [5.41, 5.74) is 3.08. The molecule has 2 aliphatic carbocycles. The molecule has 2 aliphatic rings. The standard InChI is InChI=1S/C83H150O6P2/c1-7-11-15-19-23-27-31-35-39-43-47-51-55-75-57-65-79(66-58-75)86-90(84-73-53-49-45-41-37-33-29-25-21-17-13-9-3)88-81-69-61-77(62-70-81)83(5,6)78-63-71-82(72-64-78)89-91(85-74-54-50-46-42-38-34-30-26-22-18-14-10-4)87-80-67-59-76(60-68-80)56-52-48-44-40-36-32-28-24-20-16-12-8-2/h57-60,65-68,77-78,81-82H,7-56,61-64,69-74H2,1-6H3. The van der Waals surface area contributed by atoms with Gasteiger partial charge in [-0.25, -0.2) is 0 Å². The summed E-state index contributed by atoms with van der Waals surface area (Å²) in [6.07, 6.45) is 77.3. The molecular weight excluding hydrogens is 1150 g/mol. The number of unbranched alkanes of at least 4 members (excludes halogenated alkanes) is 44. The normalized spacial score (nSPS) is 17.8. The van der Waals surface area contributed by atoms with Crippen LogP contribution in [0.3, 0.4) is 0 Å². The number of hydrogen-bond donors (Lipinski definition) is 0. The fourth-order valence-electron chi connectivity index (χ4n) is 14.7. The van der Waals surface area contributed by atoms with Crippen LogP contribution in [-0.4, -0.2) is 25.4 Å². The number of aryl methyl sites for hydroxylation is 2. The summed E-state index contributed by atoms with van der Waals surface area (Å²) >= 11 is 0. The maximum Gasteiger partial charge on any atom is 0.397 e. The van der Waals surface area contributed by atoms with Crippen molar-refractivity contribution in [1.29, 1.82) is 0 Å². The topological polar surface area (TPSA) is 55.4 Å². The highest BCUT2D eigenvalue weighted by molar-refractivity contribution is 7.42. The van der Waals surface area contributed by atoms with Gasteiger partial charge < -0.3 is 18.1 Å². The molecule has 0 aromatic heterocycles. The second-order valence-corrected chi connectivity index (χ2v) is 31.8. The van der Waals surface area contributed by atoms with Gasteiger partial charge in [0.2, 0.25) is 0 Å². The predicted octanol–water partition coefficient (Wildman–Crippen LogP) is 29.7. The SMILES string of the molecule is CCCCCCCCCCCCCCOP(Oc1ccc(CCCCCCCCCCCCCC)cc1)OC1CCC(C(C)(C)C2CCC(OP(OCCCCCCCCCCCCCC)Oc3ccc(CCCCCCCCCCCCCC)cc3)CC2)CC1. The molecule has 2 atom stereocenters. The van der Waals surface area contributed by atoms with Gasteiger partial charge >= 0.3 is 17.2 Å². The van der Waals surface area contributed by atoms with E-state index in [4.69, 9.17) is 27.1 Å². The van der Waals surface area contributed by atoms with Crippen LogP contribution in [0.15, 0.2) is 48.5 Å². The van der Waals surface area contributed by atoms with Crippen LogP contribution in [-0.2, 0) is 30.9 Å². The molecule has 0 spiro atoms. The first-order valence-electron chi connectivity index (χ1n) is 40.6. The highest BCUT2D eigenvalue weighted by Crippen LogP contribution is 2.53. The predicted molar refractivity (Wildman–Crippen MR) is 399 cm³/mol. The summed E-state index contributed by atoms with van der Waals surface area (Å²) in [5.74, 6) is 3.13. The summed E-state index contributed by atoms with van der Waals surface area (Å²) in [6, 6.07) is 17.8. The van der Waals surface area contributed by atoms with Crippen LogP contribution in [0.5, 0.6) is 11.5 Å². The average Bonchev–Trinajstić information content (AvgIpc) is 1.21. The molecule has 0 radical (unpaired) electrons. The lowest BCUT2D eigenvalue weighted by atomic mass is 9.60. The monoisotopic (exact) mass is 1310 g/mol.